The highest BCUT2D eigenvalue weighted by Crippen LogP contribution is 2.13. The number of nitrogens with zero attached hydrogens (tertiary/aromatic N) is 1. The molecule has 0 atom stereocenters. The first kappa shape index (κ1) is 24.9. The van der Waals surface area contributed by atoms with Gasteiger partial charge in [-0.05, 0) is 25.8 Å². The van der Waals surface area contributed by atoms with E-state index in [1.54, 1.807) is 0 Å². The predicted molar refractivity (Wildman–Crippen MR) is 106 cm³/mol. The fourth-order valence-electron chi connectivity index (χ4n) is 3.36. The van der Waals surface area contributed by atoms with Crippen LogP contribution in [-0.4, -0.2) is 0 Å². The topological polar surface area (TPSA) is 3.88 Å². The highest BCUT2D eigenvalue weighted by atomic mass is 127. The highest BCUT2D eigenvalue weighted by molar-refractivity contribution is 5.16. The van der Waals surface area contributed by atoms with Crippen LogP contribution in [0.15, 0.2) is 18.5 Å². The number of rotatable bonds is 15. The zero-order valence-electron chi connectivity index (χ0n) is 17.2. The van der Waals surface area contributed by atoms with E-state index in [0.717, 1.165) is 0 Å². The molecule has 25 heavy (non-hydrogen) atoms. The van der Waals surface area contributed by atoms with Crippen LogP contribution in [0, 0.1) is 13.8 Å². The Balaban J connectivity index is 0.00000576. The largest absolute Gasteiger partial charge is 1.00 e. The Morgan fingerprint density at radius 3 is 1.52 bits per heavy atom. The molecule has 0 bridgehead atoms. The van der Waals surface area contributed by atoms with Crippen molar-refractivity contribution in [1.82, 2.24) is 0 Å². The van der Waals surface area contributed by atoms with Crippen LogP contribution in [0.3, 0.4) is 0 Å². The van der Waals surface area contributed by atoms with E-state index in [1.807, 2.05) is 0 Å². The van der Waals surface area contributed by atoms with Gasteiger partial charge in [0.25, 0.3) is 0 Å². The maximum absolute atomic E-state index is 2.35. The van der Waals surface area contributed by atoms with Crippen LogP contribution in [0.25, 0.3) is 0 Å². The lowest BCUT2D eigenvalue weighted by Crippen LogP contribution is -3.00. The van der Waals surface area contributed by atoms with Crippen molar-refractivity contribution in [2.24, 2.45) is 0 Å². The maximum atomic E-state index is 2.35. The molecule has 2 heteroatoms. The summed E-state index contributed by atoms with van der Waals surface area (Å²) in [5.41, 5.74) is 2.80. The summed E-state index contributed by atoms with van der Waals surface area (Å²) in [6.07, 6.45) is 24.6. The normalized spacial score (nSPS) is 10.7. The lowest BCUT2D eigenvalue weighted by atomic mass is 10.0. The Kier molecular flexibility index (Phi) is 17.2. The van der Waals surface area contributed by atoms with Crippen LogP contribution in [0.4, 0.5) is 0 Å². The molecule has 0 radical (unpaired) electrons. The van der Waals surface area contributed by atoms with Gasteiger partial charge in [0.15, 0.2) is 12.4 Å². The van der Waals surface area contributed by atoms with Crippen molar-refractivity contribution < 1.29 is 28.5 Å². The van der Waals surface area contributed by atoms with Gasteiger partial charge in [0.05, 0.1) is 0 Å². The summed E-state index contributed by atoms with van der Waals surface area (Å²) in [4.78, 5) is 0. The van der Waals surface area contributed by atoms with Gasteiger partial charge >= 0.3 is 0 Å². The van der Waals surface area contributed by atoms with Gasteiger partial charge < -0.3 is 24.0 Å². The molecule has 0 saturated heterocycles. The summed E-state index contributed by atoms with van der Waals surface area (Å²) in [7, 11) is 0. The lowest BCUT2D eigenvalue weighted by molar-refractivity contribution is -0.697. The van der Waals surface area contributed by atoms with E-state index in [9.17, 15) is 0 Å². The van der Waals surface area contributed by atoms with Gasteiger partial charge in [-0.25, -0.2) is 4.57 Å². The van der Waals surface area contributed by atoms with Crippen molar-refractivity contribution in [1.29, 1.82) is 0 Å². The second-order valence-electron chi connectivity index (χ2n) is 7.64. The molecular weight excluding hydrogens is 417 g/mol. The molecule has 0 amide bonds. The molecule has 0 saturated carbocycles. The third-order valence-corrected chi connectivity index (χ3v) is 5.27. The first-order valence-corrected chi connectivity index (χ1v) is 10.7. The van der Waals surface area contributed by atoms with Crippen LogP contribution in [0.5, 0.6) is 0 Å². The average Bonchev–Trinajstić information content (AvgIpc) is 2.58. The van der Waals surface area contributed by atoms with Crippen LogP contribution < -0.4 is 28.5 Å². The molecular formula is C23H42IN. The third-order valence-electron chi connectivity index (χ3n) is 5.27. The summed E-state index contributed by atoms with van der Waals surface area (Å²) in [6.45, 7) is 7.87. The van der Waals surface area contributed by atoms with E-state index in [1.165, 1.54) is 108 Å². The quantitative estimate of drug-likeness (QED) is 0.212. The molecule has 0 aliphatic heterocycles. The Bertz CT molecular complexity index is 417. The predicted octanol–water partition coefficient (Wildman–Crippen LogP) is 4.08. The highest BCUT2D eigenvalue weighted by Gasteiger charge is 2.02. The van der Waals surface area contributed by atoms with Gasteiger partial charge in [-0.1, -0.05) is 84.0 Å². The maximum Gasteiger partial charge on any atom is 0.171 e. The fourth-order valence-corrected chi connectivity index (χ4v) is 3.36. The number of halogens is 1. The van der Waals surface area contributed by atoms with Crippen LogP contribution in [-0.2, 0) is 6.54 Å². The molecule has 1 heterocycles. The van der Waals surface area contributed by atoms with Crippen molar-refractivity contribution in [2.75, 3.05) is 0 Å². The van der Waals surface area contributed by atoms with Gasteiger partial charge in [-0.2, -0.15) is 0 Å². The van der Waals surface area contributed by atoms with Crippen LogP contribution >= 0.6 is 0 Å². The summed E-state index contributed by atoms with van der Waals surface area (Å²) in [6, 6.07) is 2.24. The Morgan fingerprint density at radius 2 is 1.08 bits per heavy atom. The van der Waals surface area contributed by atoms with Gasteiger partial charge in [0.1, 0.15) is 6.54 Å². The Hall–Kier alpha value is -0.120. The fraction of sp³-hybridized carbons (Fsp3) is 0.783. The molecule has 0 fully saturated rings. The SMILES string of the molecule is CCCCCCCCCCCCCCCC[n+]1ccc(C)c(C)c1.[I-]. The second-order valence-corrected chi connectivity index (χ2v) is 7.64. The minimum absolute atomic E-state index is 0. The molecule has 1 aromatic rings. The molecule has 0 unspecified atom stereocenters. The van der Waals surface area contributed by atoms with E-state index < -0.39 is 0 Å². The second kappa shape index (κ2) is 17.3. The van der Waals surface area contributed by atoms with Gasteiger partial charge in [-0.15, -0.1) is 0 Å². The van der Waals surface area contributed by atoms with Gasteiger partial charge in [0.2, 0.25) is 0 Å². The standard InChI is InChI=1S/C23H42N.HI/c1-4-5-6-7-8-9-10-11-12-13-14-15-16-17-19-24-20-18-22(2)23(3)21-24;/h18,20-21H,4-17,19H2,1-3H3;1H/q+1;/p-1. The summed E-state index contributed by atoms with van der Waals surface area (Å²) in [5.74, 6) is 0. The molecule has 0 aliphatic rings. The van der Waals surface area contributed by atoms with E-state index >= 15 is 0 Å². The summed E-state index contributed by atoms with van der Waals surface area (Å²) < 4.78 is 2.35. The number of aromatic nitrogens is 1. The molecule has 0 aliphatic carbocycles. The monoisotopic (exact) mass is 459 g/mol. The van der Waals surface area contributed by atoms with Crippen LogP contribution in [0.1, 0.15) is 108 Å². The molecule has 1 aromatic heterocycles. The third kappa shape index (κ3) is 13.7. The first-order valence-electron chi connectivity index (χ1n) is 10.7. The Labute approximate surface area is 175 Å². The number of pyridine rings is 1. The minimum Gasteiger partial charge on any atom is -1.00 e. The number of hydrogen-bond donors (Lipinski definition) is 0. The molecule has 146 valence electrons. The van der Waals surface area contributed by atoms with Crippen molar-refractivity contribution in [3.8, 4) is 0 Å². The smallest absolute Gasteiger partial charge is 0.171 e. The van der Waals surface area contributed by atoms with Gasteiger partial charge in [0, 0.05) is 18.1 Å². The summed E-state index contributed by atoms with van der Waals surface area (Å²) >= 11 is 0. The van der Waals surface area contributed by atoms with E-state index in [2.05, 4.69) is 43.8 Å². The minimum atomic E-state index is 0. The molecule has 1 rings (SSSR count). The molecule has 0 aromatic carbocycles. The number of aryl methyl sites for hydroxylation is 3. The lowest BCUT2D eigenvalue weighted by Gasteiger charge is -2.03. The molecule has 1 nitrogen and oxygen atoms in total. The number of unbranched alkanes of at least 4 members (excludes halogenated alkanes) is 13. The Morgan fingerprint density at radius 1 is 0.640 bits per heavy atom. The van der Waals surface area contributed by atoms with E-state index in [0.29, 0.717) is 0 Å². The zero-order valence-corrected chi connectivity index (χ0v) is 19.3. The number of hydrogen-bond acceptors (Lipinski definition) is 0. The molecule has 0 N–H and O–H groups in total. The first-order chi connectivity index (χ1) is 11.7. The van der Waals surface area contributed by atoms with Crippen molar-refractivity contribution >= 4 is 0 Å². The van der Waals surface area contributed by atoms with Crippen LogP contribution in [0.2, 0.25) is 0 Å². The van der Waals surface area contributed by atoms with Gasteiger partial charge in [-0.3, -0.25) is 0 Å². The van der Waals surface area contributed by atoms with Crippen molar-refractivity contribution in [3.63, 3.8) is 0 Å². The summed E-state index contributed by atoms with van der Waals surface area (Å²) in [5, 5.41) is 0. The molecule has 0 spiro atoms. The van der Waals surface area contributed by atoms with E-state index in [-0.39, 0.29) is 24.0 Å². The van der Waals surface area contributed by atoms with E-state index in [4.69, 9.17) is 0 Å². The van der Waals surface area contributed by atoms with Crippen molar-refractivity contribution in [2.45, 2.75) is 117 Å². The van der Waals surface area contributed by atoms with Crippen molar-refractivity contribution in [3.05, 3.63) is 29.6 Å². The zero-order chi connectivity index (χ0) is 17.5. The average molecular weight is 460 g/mol.